The molecule has 44 heavy (non-hydrogen) atoms. The summed E-state index contributed by atoms with van der Waals surface area (Å²) < 4.78 is 5.06. The Labute approximate surface area is 282 Å². The van der Waals surface area contributed by atoms with Gasteiger partial charge >= 0.3 is 0 Å². The molecular formula is C38H61N3S3+2. The second-order valence-corrected chi connectivity index (χ2v) is 15.5. The van der Waals surface area contributed by atoms with E-state index in [0.29, 0.717) is 0 Å². The van der Waals surface area contributed by atoms with Crippen molar-refractivity contribution in [2.75, 3.05) is 6.54 Å². The molecule has 0 aromatic carbocycles. The summed E-state index contributed by atoms with van der Waals surface area (Å²) in [7, 11) is 0. The fourth-order valence-corrected chi connectivity index (χ4v) is 8.66. The first kappa shape index (κ1) is 36.8. The van der Waals surface area contributed by atoms with E-state index in [-0.39, 0.29) is 0 Å². The zero-order chi connectivity index (χ0) is 31.6. The highest BCUT2D eigenvalue weighted by Crippen LogP contribution is 2.35. The standard InChI is InChI=1S/C38H61N3S3/c1-7-10-13-16-19-26-39-29-34(6)44-36(39)24-22-35(38-41(33(5)31-43-38)28-21-18-15-12-9-3)23-25-37-40(32(4)30-42-37)27-20-17-14-11-8-2/h22-25,29-31H,7-21,26-28H2,1-6H3/q+2. The van der Waals surface area contributed by atoms with Crippen LogP contribution in [0.2, 0.25) is 0 Å². The average Bonchev–Trinajstić information content (AvgIpc) is 3.68. The number of hydrogen-bond acceptors (Lipinski definition) is 4. The summed E-state index contributed by atoms with van der Waals surface area (Å²) >= 11 is 5.70. The van der Waals surface area contributed by atoms with Crippen molar-refractivity contribution in [1.82, 2.24) is 4.90 Å². The lowest BCUT2D eigenvalue weighted by Crippen LogP contribution is -2.38. The molecule has 3 heterocycles. The third kappa shape index (κ3) is 12.3. The lowest BCUT2D eigenvalue weighted by molar-refractivity contribution is -0.700. The number of hydrogen-bond donors (Lipinski definition) is 0. The maximum atomic E-state index is 2.57. The maximum Gasteiger partial charge on any atom is 0.269 e. The number of rotatable bonds is 22. The summed E-state index contributed by atoms with van der Waals surface area (Å²) in [4.78, 5) is 3.92. The largest absolute Gasteiger partial charge is 0.339 e. The Bertz CT molecular complexity index is 1230. The Hall–Kier alpha value is -1.63. The maximum absolute atomic E-state index is 2.57. The van der Waals surface area contributed by atoms with Gasteiger partial charge in [-0.05, 0) is 56.7 Å². The highest BCUT2D eigenvalue weighted by Gasteiger charge is 2.22. The van der Waals surface area contributed by atoms with Gasteiger partial charge in [-0.3, -0.25) is 0 Å². The van der Waals surface area contributed by atoms with Gasteiger partial charge in [-0.15, -0.1) is 0 Å². The first-order valence-electron chi connectivity index (χ1n) is 17.7. The van der Waals surface area contributed by atoms with E-state index in [9.17, 15) is 0 Å². The molecule has 3 nitrogen and oxygen atoms in total. The van der Waals surface area contributed by atoms with Crippen LogP contribution in [0.4, 0.5) is 0 Å². The Morgan fingerprint density at radius 3 is 2.11 bits per heavy atom. The Morgan fingerprint density at radius 2 is 1.43 bits per heavy atom. The molecule has 0 atom stereocenters. The highest BCUT2D eigenvalue weighted by molar-refractivity contribution is 8.06. The summed E-state index contributed by atoms with van der Waals surface area (Å²) in [6.45, 7) is 17.0. The summed E-state index contributed by atoms with van der Waals surface area (Å²) in [5, 5.41) is 8.77. The third-order valence-electron chi connectivity index (χ3n) is 8.47. The molecule has 2 aromatic rings. The van der Waals surface area contributed by atoms with Crippen LogP contribution in [0.25, 0.3) is 11.6 Å². The second-order valence-electron chi connectivity index (χ2n) is 12.4. The lowest BCUT2D eigenvalue weighted by atomic mass is 10.1. The minimum atomic E-state index is 1.10. The number of aromatic nitrogens is 2. The predicted molar refractivity (Wildman–Crippen MR) is 198 cm³/mol. The van der Waals surface area contributed by atoms with E-state index in [4.69, 9.17) is 0 Å². The molecule has 1 aliphatic rings. The van der Waals surface area contributed by atoms with E-state index in [2.05, 4.69) is 96.9 Å². The number of thiazole rings is 2. The molecule has 244 valence electrons. The van der Waals surface area contributed by atoms with E-state index in [1.807, 2.05) is 34.4 Å². The number of thioether (sulfide) groups is 1. The van der Waals surface area contributed by atoms with Crippen LogP contribution in [0.1, 0.15) is 145 Å². The summed E-state index contributed by atoms with van der Waals surface area (Å²) in [5.41, 5.74) is 4.08. The Balaban J connectivity index is 1.86. The van der Waals surface area contributed by atoms with E-state index < -0.39 is 0 Å². The molecule has 2 aromatic heterocycles. The molecule has 6 heteroatoms. The van der Waals surface area contributed by atoms with E-state index in [1.165, 1.54) is 133 Å². The van der Waals surface area contributed by atoms with Gasteiger partial charge in [0.05, 0.1) is 20.9 Å². The molecule has 0 spiro atoms. The van der Waals surface area contributed by atoms with Crippen molar-refractivity contribution in [1.29, 1.82) is 0 Å². The minimum Gasteiger partial charge on any atom is -0.339 e. The molecule has 0 unspecified atom stereocenters. The first-order chi connectivity index (χ1) is 21.5. The van der Waals surface area contributed by atoms with Crippen LogP contribution in [-0.4, -0.2) is 11.4 Å². The first-order valence-corrected chi connectivity index (χ1v) is 20.2. The van der Waals surface area contributed by atoms with Crippen LogP contribution < -0.4 is 9.13 Å². The van der Waals surface area contributed by atoms with Gasteiger partial charge in [0.1, 0.15) is 13.1 Å². The van der Waals surface area contributed by atoms with Crippen LogP contribution in [0.3, 0.4) is 0 Å². The molecule has 0 radical (unpaired) electrons. The van der Waals surface area contributed by atoms with Gasteiger partial charge in [0.15, 0.2) is 11.9 Å². The van der Waals surface area contributed by atoms with Gasteiger partial charge in [0.25, 0.3) is 10.0 Å². The molecule has 0 saturated carbocycles. The molecule has 3 rings (SSSR count). The van der Waals surface area contributed by atoms with Crippen molar-refractivity contribution in [2.24, 2.45) is 0 Å². The molecule has 0 amide bonds. The van der Waals surface area contributed by atoms with Gasteiger partial charge in [-0.1, -0.05) is 119 Å². The van der Waals surface area contributed by atoms with Crippen molar-refractivity contribution >= 4 is 46.1 Å². The average molecular weight is 656 g/mol. The normalized spacial score (nSPS) is 15.0. The summed E-state index contributed by atoms with van der Waals surface area (Å²) in [6, 6.07) is 0. The molecule has 0 aliphatic carbocycles. The number of allylic oxidation sites excluding steroid dienone is 5. The van der Waals surface area contributed by atoms with Gasteiger partial charge in [0.2, 0.25) is 0 Å². The van der Waals surface area contributed by atoms with Crippen molar-refractivity contribution in [3.63, 3.8) is 0 Å². The highest BCUT2D eigenvalue weighted by atomic mass is 32.2. The SMILES string of the molecule is CCCCCCCN1C(C)=CS\C1=C/C=C(/C=C/c1sc(C)c[n+]1CCCCCCC)c1scc(C)[n+]1CCCCCCC. The van der Waals surface area contributed by atoms with Gasteiger partial charge in [0, 0.05) is 38.1 Å². The zero-order valence-corrected chi connectivity index (χ0v) is 31.3. The van der Waals surface area contributed by atoms with Crippen LogP contribution >= 0.6 is 34.4 Å². The van der Waals surface area contributed by atoms with Crippen molar-refractivity contribution in [3.05, 3.63) is 66.5 Å². The topological polar surface area (TPSA) is 11.0 Å². The van der Waals surface area contributed by atoms with Crippen LogP contribution in [0, 0.1) is 13.8 Å². The monoisotopic (exact) mass is 655 g/mol. The van der Waals surface area contributed by atoms with E-state index in [0.717, 1.165) is 19.6 Å². The second kappa shape index (κ2) is 21.2. The molecule has 0 fully saturated rings. The number of unbranched alkanes of at least 4 members (excludes halogenated alkanes) is 12. The molecular weight excluding hydrogens is 595 g/mol. The molecule has 1 aliphatic heterocycles. The van der Waals surface area contributed by atoms with Crippen molar-refractivity contribution in [2.45, 2.75) is 151 Å². The molecule has 0 bridgehead atoms. The van der Waals surface area contributed by atoms with Crippen LogP contribution in [0.15, 0.2) is 45.9 Å². The van der Waals surface area contributed by atoms with E-state index >= 15 is 0 Å². The molecule has 0 saturated heterocycles. The van der Waals surface area contributed by atoms with Crippen molar-refractivity contribution in [3.8, 4) is 0 Å². The lowest BCUT2D eigenvalue weighted by Gasteiger charge is -2.21. The fourth-order valence-electron chi connectivity index (χ4n) is 5.78. The number of nitrogens with zero attached hydrogens (tertiary/aromatic N) is 3. The van der Waals surface area contributed by atoms with Crippen LogP contribution in [-0.2, 0) is 13.1 Å². The van der Waals surface area contributed by atoms with Crippen LogP contribution in [0.5, 0.6) is 0 Å². The quantitative estimate of drug-likeness (QED) is 0.0710. The molecule has 0 N–H and O–H groups in total. The van der Waals surface area contributed by atoms with Gasteiger partial charge in [-0.25, -0.2) is 0 Å². The van der Waals surface area contributed by atoms with Gasteiger partial charge in [-0.2, -0.15) is 9.13 Å². The summed E-state index contributed by atoms with van der Waals surface area (Å²) in [6.07, 6.45) is 31.6. The Kier molecular flexibility index (Phi) is 17.8. The Morgan fingerprint density at radius 1 is 0.795 bits per heavy atom. The third-order valence-corrected chi connectivity index (χ3v) is 11.7. The summed E-state index contributed by atoms with van der Waals surface area (Å²) in [5.74, 6) is 0. The minimum absolute atomic E-state index is 1.10. The smallest absolute Gasteiger partial charge is 0.269 e. The van der Waals surface area contributed by atoms with E-state index in [1.54, 1.807) is 0 Å². The van der Waals surface area contributed by atoms with Crippen molar-refractivity contribution < 1.29 is 9.13 Å². The predicted octanol–water partition coefficient (Wildman–Crippen LogP) is 11.8. The zero-order valence-electron chi connectivity index (χ0n) is 28.8. The van der Waals surface area contributed by atoms with Gasteiger partial charge < -0.3 is 4.90 Å². The fraction of sp³-hybridized carbons (Fsp3) is 0.632. The number of aryl methyl sites for hydroxylation is 3.